The van der Waals surface area contributed by atoms with Crippen molar-refractivity contribution in [3.8, 4) is 0 Å². The summed E-state index contributed by atoms with van der Waals surface area (Å²) in [5.41, 5.74) is 1.76. The maximum atomic E-state index is 13.1. The zero-order valence-corrected chi connectivity index (χ0v) is 11.8. The first kappa shape index (κ1) is 14.7. The van der Waals surface area contributed by atoms with Crippen LogP contribution >= 0.6 is 0 Å². The predicted molar refractivity (Wildman–Crippen MR) is 75.5 cm³/mol. The van der Waals surface area contributed by atoms with E-state index in [1.165, 1.54) is 12.1 Å². The van der Waals surface area contributed by atoms with Gasteiger partial charge in [-0.3, -0.25) is 4.68 Å². The van der Waals surface area contributed by atoms with Gasteiger partial charge in [-0.1, -0.05) is 12.1 Å². The SMILES string of the molecule is CN(CCC(O)c1cccc(F)c1)Cc1cnn(C)c1. The van der Waals surface area contributed by atoms with Gasteiger partial charge in [0.2, 0.25) is 0 Å². The summed E-state index contributed by atoms with van der Waals surface area (Å²) >= 11 is 0. The van der Waals surface area contributed by atoms with Gasteiger partial charge in [-0.25, -0.2) is 4.39 Å². The van der Waals surface area contributed by atoms with Crippen LogP contribution in [0.15, 0.2) is 36.7 Å². The molecule has 1 heterocycles. The Balaban J connectivity index is 1.82. The van der Waals surface area contributed by atoms with E-state index >= 15 is 0 Å². The number of aryl methyl sites for hydroxylation is 1. The van der Waals surface area contributed by atoms with Gasteiger partial charge < -0.3 is 10.0 Å². The average Bonchev–Trinajstić information content (AvgIpc) is 2.81. The van der Waals surface area contributed by atoms with Crippen LogP contribution in [0.1, 0.15) is 23.7 Å². The lowest BCUT2D eigenvalue weighted by Gasteiger charge is -2.18. The highest BCUT2D eigenvalue weighted by atomic mass is 19.1. The molecule has 1 N–H and O–H groups in total. The number of nitrogens with zero attached hydrogens (tertiary/aromatic N) is 3. The second-order valence-electron chi connectivity index (χ2n) is 5.12. The molecule has 0 bridgehead atoms. The van der Waals surface area contributed by atoms with Crippen LogP contribution in [0.4, 0.5) is 4.39 Å². The lowest BCUT2D eigenvalue weighted by Crippen LogP contribution is -2.20. The largest absolute Gasteiger partial charge is 0.388 e. The highest BCUT2D eigenvalue weighted by molar-refractivity contribution is 5.18. The normalized spacial score (nSPS) is 12.8. The minimum Gasteiger partial charge on any atom is -0.388 e. The molecule has 1 aromatic heterocycles. The Labute approximate surface area is 118 Å². The fourth-order valence-corrected chi connectivity index (χ4v) is 2.17. The van der Waals surface area contributed by atoms with Crippen LogP contribution in [0.5, 0.6) is 0 Å². The van der Waals surface area contributed by atoms with Gasteiger partial charge in [0, 0.05) is 31.9 Å². The van der Waals surface area contributed by atoms with Crippen LogP contribution < -0.4 is 0 Å². The van der Waals surface area contributed by atoms with Gasteiger partial charge in [-0.15, -0.1) is 0 Å². The van der Waals surface area contributed by atoms with Crippen molar-refractivity contribution in [2.45, 2.75) is 19.1 Å². The van der Waals surface area contributed by atoms with Crippen molar-refractivity contribution >= 4 is 0 Å². The second kappa shape index (κ2) is 6.63. The quantitative estimate of drug-likeness (QED) is 0.879. The predicted octanol–water partition coefficient (Wildman–Crippen LogP) is 2.11. The Kier molecular flexibility index (Phi) is 4.87. The van der Waals surface area contributed by atoms with Crippen molar-refractivity contribution in [2.24, 2.45) is 7.05 Å². The zero-order chi connectivity index (χ0) is 14.5. The molecule has 0 aliphatic carbocycles. The van der Waals surface area contributed by atoms with Crippen LogP contribution in [-0.2, 0) is 13.6 Å². The standard InChI is InChI=1S/C15H20FN3O/c1-18(10-12-9-17-19(2)11-12)7-6-15(20)13-4-3-5-14(16)8-13/h3-5,8-9,11,15,20H,6-7,10H2,1-2H3. The van der Waals surface area contributed by atoms with E-state index in [4.69, 9.17) is 0 Å². The molecule has 0 saturated heterocycles. The molecule has 0 saturated carbocycles. The second-order valence-corrected chi connectivity index (χ2v) is 5.12. The molecule has 0 amide bonds. The molecule has 1 unspecified atom stereocenters. The van der Waals surface area contributed by atoms with Gasteiger partial charge in [-0.2, -0.15) is 5.10 Å². The van der Waals surface area contributed by atoms with Crippen molar-refractivity contribution < 1.29 is 9.50 Å². The van der Waals surface area contributed by atoms with E-state index in [9.17, 15) is 9.50 Å². The molecule has 2 rings (SSSR count). The molecule has 0 spiro atoms. The van der Waals surface area contributed by atoms with E-state index in [2.05, 4.69) is 10.00 Å². The highest BCUT2D eigenvalue weighted by Crippen LogP contribution is 2.18. The summed E-state index contributed by atoms with van der Waals surface area (Å²) in [5, 5.41) is 14.2. The summed E-state index contributed by atoms with van der Waals surface area (Å²) < 4.78 is 14.9. The van der Waals surface area contributed by atoms with Gasteiger partial charge in [0.05, 0.1) is 12.3 Å². The third-order valence-corrected chi connectivity index (χ3v) is 3.23. The number of aliphatic hydroxyl groups is 1. The first-order valence-electron chi connectivity index (χ1n) is 6.64. The molecule has 20 heavy (non-hydrogen) atoms. The number of hydrogen-bond acceptors (Lipinski definition) is 3. The first-order valence-corrected chi connectivity index (χ1v) is 6.64. The third kappa shape index (κ3) is 4.15. The Morgan fingerprint density at radius 1 is 1.45 bits per heavy atom. The minimum atomic E-state index is -0.637. The monoisotopic (exact) mass is 277 g/mol. The van der Waals surface area contributed by atoms with Crippen molar-refractivity contribution in [3.63, 3.8) is 0 Å². The summed E-state index contributed by atoms with van der Waals surface area (Å²) in [5.74, 6) is -0.315. The number of halogens is 1. The molecule has 4 nitrogen and oxygen atoms in total. The third-order valence-electron chi connectivity index (χ3n) is 3.23. The lowest BCUT2D eigenvalue weighted by atomic mass is 10.1. The summed E-state index contributed by atoms with van der Waals surface area (Å²) in [6.07, 6.45) is 3.74. The number of aliphatic hydroxyl groups excluding tert-OH is 1. The topological polar surface area (TPSA) is 41.3 Å². The van der Waals surface area contributed by atoms with Crippen molar-refractivity contribution in [1.29, 1.82) is 0 Å². The molecule has 1 aromatic carbocycles. The number of hydrogen-bond donors (Lipinski definition) is 1. The van der Waals surface area contributed by atoms with Crippen molar-refractivity contribution in [3.05, 3.63) is 53.6 Å². The summed E-state index contributed by atoms with van der Waals surface area (Å²) in [4.78, 5) is 2.11. The van der Waals surface area contributed by atoms with Crippen LogP contribution in [0.2, 0.25) is 0 Å². The number of benzene rings is 1. The van der Waals surface area contributed by atoms with Gasteiger partial charge in [0.25, 0.3) is 0 Å². The molecule has 2 aromatic rings. The Morgan fingerprint density at radius 3 is 2.90 bits per heavy atom. The Morgan fingerprint density at radius 2 is 2.25 bits per heavy atom. The van der Waals surface area contributed by atoms with Gasteiger partial charge in [0.15, 0.2) is 0 Å². The number of rotatable bonds is 6. The van der Waals surface area contributed by atoms with Crippen LogP contribution in [0.3, 0.4) is 0 Å². The summed E-state index contributed by atoms with van der Waals surface area (Å²) in [6.45, 7) is 1.51. The molecule has 0 fully saturated rings. The first-order chi connectivity index (χ1) is 9.54. The van der Waals surface area contributed by atoms with Crippen LogP contribution in [-0.4, -0.2) is 33.4 Å². The Bertz CT molecular complexity index is 556. The van der Waals surface area contributed by atoms with E-state index in [0.717, 1.165) is 18.7 Å². The fraction of sp³-hybridized carbons (Fsp3) is 0.400. The van der Waals surface area contributed by atoms with E-state index < -0.39 is 6.10 Å². The molecule has 0 aliphatic rings. The van der Waals surface area contributed by atoms with Crippen LogP contribution in [0.25, 0.3) is 0 Å². The van der Waals surface area contributed by atoms with Crippen molar-refractivity contribution in [1.82, 2.24) is 14.7 Å². The maximum Gasteiger partial charge on any atom is 0.123 e. The zero-order valence-electron chi connectivity index (χ0n) is 11.8. The molecule has 5 heteroatoms. The molecule has 0 aliphatic heterocycles. The maximum absolute atomic E-state index is 13.1. The van der Waals surface area contributed by atoms with E-state index in [0.29, 0.717) is 12.0 Å². The molecule has 0 radical (unpaired) electrons. The smallest absolute Gasteiger partial charge is 0.123 e. The summed E-state index contributed by atoms with van der Waals surface area (Å²) in [6, 6.07) is 6.12. The van der Waals surface area contributed by atoms with E-state index in [-0.39, 0.29) is 5.82 Å². The average molecular weight is 277 g/mol. The van der Waals surface area contributed by atoms with Crippen molar-refractivity contribution in [2.75, 3.05) is 13.6 Å². The van der Waals surface area contributed by atoms with Gasteiger partial charge in [0.1, 0.15) is 5.82 Å². The molecule has 108 valence electrons. The van der Waals surface area contributed by atoms with E-state index in [1.54, 1.807) is 16.8 Å². The highest BCUT2D eigenvalue weighted by Gasteiger charge is 2.10. The Hall–Kier alpha value is -1.72. The fourth-order valence-electron chi connectivity index (χ4n) is 2.17. The summed E-state index contributed by atoms with van der Waals surface area (Å²) in [7, 11) is 3.88. The molecular formula is C15H20FN3O. The lowest BCUT2D eigenvalue weighted by molar-refractivity contribution is 0.147. The van der Waals surface area contributed by atoms with E-state index in [1.807, 2.05) is 26.5 Å². The number of aromatic nitrogens is 2. The molecular weight excluding hydrogens is 257 g/mol. The molecule has 1 atom stereocenters. The minimum absolute atomic E-state index is 0.315. The van der Waals surface area contributed by atoms with Crippen LogP contribution in [0, 0.1) is 5.82 Å². The van der Waals surface area contributed by atoms with Gasteiger partial charge in [-0.05, 0) is 31.2 Å². The van der Waals surface area contributed by atoms with Gasteiger partial charge >= 0.3 is 0 Å².